The van der Waals surface area contributed by atoms with E-state index in [1.165, 1.54) is 28.0 Å². The quantitative estimate of drug-likeness (QED) is 0.315. The standard InChI is InChI=1S/C33H28N4O2S/c1-20-17-24(21(2)36(20)25-8-6-16-34-19-25)18-29-32(38)37-31(23-10-13-26(39-3)14-11-23)28-15-12-22-7-4-5-9-27(22)30(28)35-33(37)40-29/h4-11,13-14,16-19,31H,12,15H2,1-3H3/b29-18-/t31-/m1/s1. The van der Waals surface area contributed by atoms with Crippen molar-refractivity contribution < 1.29 is 4.74 Å². The van der Waals surface area contributed by atoms with Crippen LogP contribution in [0.1, 0.15) is 46.1 Å². The zero-order chi connectivity index (χ0) is 27.4. The Bertz CT molecular complexity index is 1980. The summed E-state index contributed by atoms with van der Waals surface area (Å²) in [7, 11) is 1.67. The molecule has 0 unspecified atom stereocenters. The predicted molar refractivity (Wildman–Crippen MR) is 159 cm³/mol. The summed E-state index contributed by atoms with van der Waals surface area (Å²) in [6.07, 6.45) is 7.44. The molecule has 1 aliphatic carbocycles. The molecule has 0 saturated carbocycles. The second-order valence-corrected chi connectivity index (χ2v) is 11.3. The average Bonchev–Trinajstić information content (AvgIpc) is 3.45. The van der Waals surface area contributed by atoms with E-state index < -0.39 is 0 Å². The van der Waals surface area contributed by atoms with E-state index in [0.717, 1.165) is 57.3 Å². The van der Waals surface area contributed by atoms with E-state index in [-0.39, 0.29) is 11.6 Å². The maximum atomic E-state index is 14.1. The third-order valence-corrected chi connectivity index (χ3v) is 8.95. The number of ether oxygens (including phenoxy) is 1. The molecule has 40 heavy (non-hydrogen) atoms. The molecule has 1 atom stereocenters. The van der Waals surface area contributed by atoms with Crippen molar-refractivity contribution >= 4 is 23.1 Å². The lowest BCUT2D eigenvalue weighted by atomic mass is 9.83. The molecule has 0 radical (unpaired) electrons. The Hall–Kier alpha value is -4.49. The molecule has 1 aliphatic heterocycles. The van der Waals surface area contributed by atoms with Crippen molar-refractivity contribution in [3.8, 4) is 11.4 Å². The molecule has 2 aromatic carbocycles. The van der Waals surface area contributed by atoms with Gasteiger partial charge in [0, 0.05) is 23.1 Å². The Kier molecular flexibility index (Phi) is 5.90. The summed E-state index contributed by atoms with van der Waals surface area (Å²) in [4.78, 5) is 24.3. The molecule has 0 saturated heterocycles. The first-order chi connectivity index (χ1) is 19.5. The second-order valence-electron chi connectivity index (χ2n) is 10.3. The number of pyridine rings is 1. The van der Waals surface area contributed by atoms with Gasteiger partial charge in [-0.2, -0.15) is 0 Å². The van der Waals surface area contributed by atoms with Gasteiger partial charge in [0.25, 0.3) is 5.56 Å². The lowest BCUT2D eigenvalue weighted by Crippen LogP contribution is -2.38. The zero-order valence-electron chi connectivity index (χ0n) is 22.6. The molecule has 0 N–H and O–H groups in total. The highest BCUT2D eigenvalue weighted by atomic mass is 32.1. The van der Waals surface area contributed by atoms with Crippen molar-refractivity contribution in [2.45, 2.75) is 32.7 Å². The van der Waals surface area contributed by atoms with Crippen molar-refractivity contribution in [2.24, 2.45) is 4.99 Å². The van der Waals surface area contributed by atoms with Crippen molar-refractivity contribution in [3.63, 3.8) is 0 Å². The van der Waals surface area contributed by atoms with E-state index in [4.69, 9.17) is 9.73 Å². The number of methoxy groups -OCH3 is 1. The minimum atomic E-state index is -0.213. The number of nitrogens with zero attached hydrogens (tertiary/aromatic N) is 4. The van der Waals surface area contributed by atoms with Gasteiger partial charge in [0.2, 0.25) is 0 Å². The summed E-state index contributed by atoms with van der Waals surface area (Å²) < 4.78 is 10.2. The number of rotatable bonds is 4. The van der Waals surface area contributed by atoms with Crippen LogP contribution in [0.4, 0.5) is 0 Å². The molecule has 0 amide bonds. The van der Waals surface area contributed by atoms with Gasteiger partial charge in [-0.05, 0) is 85.4 Å². The van der Waals surface area contributed by atoms with Crippen molar-refractivity contribution in [1.29, 1.82) is 0 Å². The summed E-state index contributed by atoms with van der Waals surface area (Å²) in [5.41, 5.74) is 9.89. The largest absolute Gasteiger partial charge is 0.497 e. The summed E-state index contributed by atoms with van der Waals surface area (Å²) in [5, 5.41) is 0. The van der Waals surface area contributed by atoms with Gasteiger partial charge < -0.3 is 9.30 Å². The molecule has 6 nitrogen and oxygen atoms in total. The number of aryl methyl sites for hydroxylation is 2. The first-order valence-corrected chi connectivity index (χ1v) is 14.2. The van der Waals surface area contributed by atoms with Crippen LogP contribution in [-0.4, -0.2) is 21.2 Å². The third kappa shape index (κ3) is 3.88. The summed E-state index contributed by atoms with van der Waals surface area (Å²) in [5.74, 6) is 0.795. The van der Waals surface area contributed by atoms with Gasteiger partial charge in [-0.3, -0.25) is 14.3 Å². The van der Waals surface area contributed by atoms with Crippen LogP contribution < -0.4 is 19.6 Å². The maximum absolute atomic E-state index is 14.1. The first-order valence-electron chi connectivity index (χ1n) is 13.4. The van der Waals surface area contributed by atoms with Crippen LogP contribution in [0.5, 0.6) is 5.75 Å². The third-order valence-electron chi connectivity index (χ3n) is 7.97. The number of aromatic nitrogens is 3. The van der Waals surface area contributed by atoms with E-state index in [1.807, 2.05) is 41.1 Å². The molecular weight excluding hydrogens is 516 g/mol. The molecule has 3 aromatic heterocycles. The maximum Gasteiger partial charge on any atom is 0.271 e. The summed E-state index contributed by atoms with van der Waals surface area (Å²) in [6.45, 7) is 4.16. The van der Waals surface area contributed by atoms with E-state index >= 15 is 0 Å². The van der Waals surface area contributed by atoms with Gasteiger partial charge in [0.15, 0.2) is 4.80 Å². The fraction of sp³-hybridized carbons (Fsp3) is 0.182. The minimum absolute atomic E-state index is 0.0128. The molecule has 0 fully saturated rings. The van der Waals surface area contributed by atoms with Crippen LogP contribution in [0.25, 0.3) is 17.5 Å². The number of benzene rings is 2. The van der Waals surface area contributed by atoms with Crippen LogP contribution in [0.15, 0.2) is 94.5 Å². The summed E-state index contributed by atoms with van der Waals surface area (Å²) >= 11 is 1.46. The first kappa shape index (κ1) is 24.5. The predicted octanol–water partition coefficient (Wildman–Crippen LogP) is 5.13. The Morgan fingerprint density at radius 1 is 1.02 bits per heavy atom. The lowest BCUT2D eigenvalue weighted by molar-refractivity contribution is 0.414. The Morgan fingerprint density at radius 2 is 1.85 bits per heavy atom. The monoisotopic (exact) mass is 544 g/mol. The SMILES string of the molecule is COc1ccc([C@@H]2C3=C(N=c4s/c(=C\c5cc(C)n(-c6cccnc6)c5C)c(=O)n42)c2ccccc2CC3)cc1. The fourth-order valence-corrected chi connectivity index (χ4v) is 7.06. The van der Waals surface area contributed by atoms with Gasteiger partial charge in [0.05, 0.1) is 35.3 Å². The van der Waals surface area contributed by atoms with Gasteiger partial charge in [-0.25, -0.2) is 4.99 Å². The van der Waals surface area contributed by atoms with Gasteiger partial charge >= 0.3 is 0 Å². The lowest BCUT2D eigenvalue weighted by Gasteiger charge is -2.30. The van der Waals surface area contributed by atoms with Crippen LogP contribution in [-0.2, 0) is 6.42 Å². The van der Waals surface area contributed by atoms with Gasteiger partial charge in [-0.1, -0.05) is 47.7 Å². The van der Waals surface area contributed by atoms with Crippen molar-refractivity contribution in [1.82, 2.24) is 14.1 Å². The number of hydrogen-bond donors (Lipinski definition) is 0. The highest BCUT2D eigenvalue weighted by Crippen LogP contribution is 2.41. The number of fused-ring (bicyclic) bond motifs is 3. The molecule has 0 bridgehead atoms. The van der Waals surface area contributed by atoms with Crippen LogP contribution in [0.2, 0.25) is 0 Å². The van der Waals surface area contributed by atoms with E-state index in [0.29, 0.717) is 4.53 Å². The van der Waals surface area contributed by atoms with E-state index in [9.17, 15) is 4.79 Å². The minimum Gasteiger partial charge on any atom is -0.497 e. The Labute approximate surface area is 235 Å². The molecule has 4 heterocycles. The van der Waals surface area contributed by atoms with E-state index in [2.05, 4.69) is 65.9 Å². The molecule has 0 spiro atoms. The molecular formula is C33H28N4O2S. The topological polar surface area (TPSA) is 61.4 Å². The molecule has 7 heteroatoms. The highest BCUT2D eigenvalue weighted by molar-refractivity contribution is 7.07. The Balaban J connectivity index is 1.44. The highest BCUT2D eigenvalue weighted by Gasteiger charge is 2.32. The number of hydrogen-bond acceptors (Lipinski definition) is 5. The van der Waals surface area contributed by atoms with Crippen LogP contribution in [0, 0.1) is 13.8 Å². The van der Waals surface area contributed by atoms with Crippen molar-refractivity contribution in [3.05, 3.63) is 138 Å². The number of allylic oxidation sites excluding steroid dienone is 1. The Morgan fingerprint density at radius 3 is 2.62 bits per heavy atom. The normalized spacial score (nSPS) is 16.3. The second kappa shape index (κ2) is 9.61. The summed E-state index contributed by atoms with van der Waals surface area (Å²) in [6, 6.07) is 22.5. The molecule has 2 aliphatic rings. The van der Waals surface area contributed by atoms with Crippen LogP contribution >= 0.6 is 11.3 Å². The smallest absolute Gasteiger partial charge is 0.271 e. The van der Waals surface area contributed by atoms with Gasteiger partial charge in [-0.15, -0.1) is 0 Å². The van der Waals surface area contributed by atoms with Crippen molar-refractivity contribution in [2.75, 3.05) is 7.11 Å². The zero-order valence-corrected chi connectivity index (χ0v) is 23.4. The fourth-order valence-electron chi connectivity index (χ4n) is 6.07. The molecule has 5 aromatic rings. The van der Waals surface area contributed by atoms with E-state index in [1.54, 1.807) is 13.3 Å². The van der Waals surface area contributed by atoms with Crippen LogP contribution in [0.3, 0.4) is 0 Å². The number of thiazole rings is 1. The molecule has 198 valence electrons. The molecule has 7 rings (SSSR count). The average molecular weight is 545 g/mol. The van der Waals surface area contributed by atoms with Gasteiger partial charge in [0.1, 0.15) is 5.75 Å².